The molecule has 0 aliphatic heterocycles. The number of rotatable bonds is 5. The van der Waals surface area contributed by atoms with Crippen molar-refractivity contribution in [3.8, 4) is 0 Å². The minimum Gasteiger partial charge on any atom is -0.393 e. The molecule has 1 atom stereocenters. The lowest BCUT2D eigenvalue weighted by Crippen LogP contribution is -2.40. The average Bonchev–Trinajstić information content (AvgIpc) is 2.28. The van der Waals surface area contributed by atoms with Gasteiger partial charge in [-0.3, -0.25) is 4.90 Å². The summed E-state index contributed by atoms with van der Waals surface area (Å²) in [6.45, 7) is 1.55. The van der Waals surface area contributed by atoms with E-state index in [1.165, 1.54) is 0 Å². The molecule has 0 saturated heterocycles. The summed E-state index contributed by atoms with van der Waals surface area (Å²) in [6.07, 6.45) is 1.74. The average molecular weight is 269 g/mol. The molecule has 1 unspecified atom stereocenters. The van der Waals surface area contributed by atoms with Gasteiger partial charge in [0.05, 0.1) is 6.10 Å². The van der Waals surface area contributed by atoms with Gasteiger partial charge in [-0.2, -0.15) is 0 Å². The van der Waals surface area contributed by atoms with Crippen LogP contribution in [0.3, 0.4) is 0 Å². The molecule has 3 N–H and O–H groups in total. The fourth-order valence-corrected chi connectivity index (χ4v) is 2.87. The van der Waals surface area contributed by atoms with E-state index in [9.17, 15) is 5.11 Å². The number of aliphatic hydroxyl groups is 1. The van der Waals surface area contributed by atoms with Crippen molar-refractivity contribution in [2.45, 2.75) is 25.0 Å². The molecular weight excluding hydrogens is 248 g/mol. The topological polar surface area (TPSA) is 49.5 Å². The summed E-state index contributed by atoms with van der Waals surface area (Å²) < 4.78 is 0. The number of likely N-dealkylation sites (N-methyl/N-ethyl adjacent to an activating group) is 1. The summed E-state index contributed by atoms with van der Waals surface area (Å²) >= 11 is 6.02. The highest BCUT2D eigenvalue weighted by molar-refractivity contribution is 6.30. The van der Waals surface area contributed by atoms with Crippen LogP contribution in [0.1, 0.15) is 24.4 Å². The van der Waals surface area contributed by atoms with Gasteiger partial charge in [-0.1, -0.05) is 23.7 Å². The van der Waals surface area contributed by atoms with Gasteiger partial charge in [0, 0.05) is 24.2 Å². The Morgan fingerprint density at radius 3 is 2.78 bits per heavy atom. The van der Waals surface area contributed by atoms with Crippen molar-refractivity contribution in [2.24, 2.45) is 11.7 Å². The molecule has 18 heavy (non-hydrogen) atoms. The third-order valence-corrected chi connectivity index (χ3v) is 3.98. The van der Waals surface area contributed by atoms with E-state index in [4.69, 9.17) is 17.3 Å². The molecule has 0 bridgehead atoms. The van der Waals surface area contributed by atoms with Crippen molar-refractivity contribution in [3.05, 3.63) is 34.9 Å². The molecular formula is C14H21ClN2O. The van der Waals surface area contributed by atoms with E-state index in [0.29, 0.717) is 12.5 Å². The maximum Gasteiger partial charge on any atom is 0.0546 e. The van der Waals surface area contributed by atoms with Gasteiger partial charge in [0.1, 0.15) is 0 Å². The van der Waals surface area contributed by atoms with E-state index in [-0.39, 0.29) is 12.1 Å². The van der Waals surface area contributed by atoms with E-state index in [1.807, 2.05) is 18.2 Å². The largest absolute Gasteiger partial charge is 0.393 e. The second-order valence-corrected chi connectivity index (χ2v) is 5.67. The fraction of sp³-hybridized carbons (Fsp3) is 0.571. The Morgan fingerprint density at radius 2 is 2.22 bits per heavy atom. The molecule has 0 radical (unpaired) electrons. The van der Waals surface area contributed by atoms with Gasteiger partial charge < -0.3 is 10.8 Å². The van der Waals surface area contributed by atoms with Crippen molar-refractivity contribution < 1.29 is 5.11 Å². The van der Waals surface area contributed by atoms with Crippen LogP contribution in [0.4, 0.5) is 0 Å². The first kappa shape index (κ1) is 13.8. The summed E-state index contributed by atoms with van der Waals surface area (Å²) in [5.41, 5.74) is 7.04. The number of nitrogens with zero attached hydrogens (tertiary/aromatic N) is 1. The first-order valence-corrected chi connectivity index (χ1v) is 6.81. The van der Waals surface area contributed by atoms with Gasteiger partial charge in [-0.25, -0.2) is 0 Å². The molecule has 1 aromatic rings. The van der Waals surface area contributed by atoms with E-state index >= 15 is 0 Å². The lowest BCUT2D eigenvalue weighted by Gasteiger charge is -2.37. The number of benzene rings is 1. The van der Waals surface area contributed by atoms with E-state index in [2.05, 4.69) is 18.0 Å². The Morgan fingerprint density at radius 1 is 1.50 bits per heavy atom. The molecule has 2 rings (SSSR count). The zero-order valence-electron chi connectivity index (χ0n) is 10.7. The first-order valence-electron chi connectivity index (χ1n) is 6.44. The molecule has 0 aromatic heterocycles. The number of halogens is 1. The van der Waals surface area contributed by atoms with Crippen LogP contribution in [0.5, 0.6) is 0 Å². The third-order valence-electron chi connectivity index (χ3n) is 3.75. The van der Waals surface area contributed by atoms with Crippen molar-refractivity contribution in [3.63, 3.8) is 0 Å². The van der Waals surface area contributed by atoms with E-state index < -0.39 is 0 Å². The second-order valence-electron chi connectivity index (χ2n) is 5.24. The predicted molar refractivity (Wildman–Crippen MR) is 74.6 cm³/mol. The summed E-state index contributed by atoms with van der Waals surface area (Å²) in [6, 6.07) is 8.07. The van der Waals surface area contributed by atoms with Crippen molar-refractivity contribution in [2.75, 3.05) is 20.1 Å². The molecule has 0 spiro atoms. The van der Waals surface area contributed by atoms with Crippen LogP contribution in [-0.4, -0.2) is 36.2 Å². The maximum atomic E-state index is 9.32. The Balaban J connectivity index is 1.99. The number of hydrogen-bond acceptors (Lipinski definition) is 3. The van der Waals surface area contributed by atoms with Crippen LogP contribution in [0.2, 0.25) is 5.02 Å². The molecule has 100 valence electrons. The second kappa shape index (κ2) is 6.02. The molecule has 4 heteroatoms. The monoisotopic (exact) mass is 268 g/mol. The van der Waals surface area contributed by atoms with Crippen LogP contribution in [0.25, 0.3) is 0 Å². The van der Waals surface area contributed by atoms with Gasteiger partial charge in [0.2, 0.25) is 0 Å². The zero-order valence-corrected chi connectivity index (χ0v) is 11.5. The number of aliphatic hydroxyl groups excluding tert-OH is 1. The predicted octanol–water partition coefficient (Wildman–Crippen LogP) is 2.04. The van der Waals surface area contributed by atoms with Crippen LogP contribution in [0.15, 0.2) is 24.3 Å². The standard InChI is InChI=1S/C14H21ClN2O/c1-17(9-10-5-13(18)6-10)14(8-16)11-3-2-4-12(15)7-11/h2-4,7,10,13-14,18H,5-6,8-9,16H2,1H3. The highest BCUT2D eigenvalue weighted by atomic mass is 35.5. The highest BCUT2D eigenvalue weighted by Gasteiger charge is 2.29. The SMILES string of the molecule is CN(CC1CC(O)C1)C(CN)c1cccc(Cl)c1. The maximum absolute atomic E-state index is 9.32. The lowest BCUT2D eigenvalue weighted by molar-refractivity contribution is 0.0224. The van der Waals surface area contributed by atoms with Crippen molar-refractivity contribution in [1.82, 2.24) is 4.90 Å². The Bertz CT molecular complexity index is 393. The number of nitrogens with two attached hydrogens (primary N) is 1. The third kappa shape index (κ3) is 3.23. The van der Waals surface area contributed by atoms with Crippen LogP contribution in [0, 0.1) is 5.92 Å². The van der Waals surface area contributed by atoms with Gasteiger partial charge in [0.25, 0.3) is 0 Å². The van der Waals surface area contributed by atoms with Crippen LogP contribution < -0.4 is 5.73 Å². The molecule has 1 aliphatic carbocycles. The summed E-state index contributed by atoms with van der Waals surface area (Å²) in [5.74, 6) is 0.596. The lowest BCUT2D eigenvalue weighted by atomic mass is 9.82. The molecule has 1 aliphatic rings. The fourth-order valence-electron chi connectivity index (χ4n) is 2.67. The summed E-state index contributed by atoms with van der Waals surface area (Å²) in [5, 5.41) is 10.1. The van der Waals surface area contributed by atoms with Crippen LogP contribution >= 0.6 is 11.6 Å². The summed E-state index contributed by atoms with van der Waals surface area (Å²) in [7, 11) is 2.09. The molecule has 1 fully saturated rings. The first-order chi connectivity index (χ1) is 8.60. The van der Waals surface area contributed by atoms with Crippen molar-refractivity contribution >= 4 is 11.6 Å². The highest BCUT2D eigenvalue weighted by Crippen LogP contribution is 2.30. The van der Waals surface area contributed by atoms with E-state index in [1.54, 1.807) is 0 Å². The normalized spacial score (nSPS) is 24.9. The molecule has 1 aromatic carbocycles. The molecule has 0 amide bonds. The van der Waals surface area contributed by atoms with Gasteiger partial charge in [-0.15, -0.1) is 0 Å². The Hall–Kier alpha value is -0.610. The summed E-state index contributed by atoms with van der Waals surface area (Å²) in [4.78, 5) is 2.27. The zero-order chi connectivity index (χ0) is 13.1. The van der Waals surface area contributed by atoms with Crippen molar-refractivity contribution in [1.29, 1.82) is 0 Å². The molecule has 0 heterocycles. The molecule has 3 nitrogen and oxygen atoms in total. The minimum atomic E-state index is -0.0918. The number of hydrogen-bond donors (Lipinski definition) is 2. The smallest absolute Gasteiger partial charge is 0.0546 e. The Kier molecular flexibility index (Phi) is 4.62. The van der Waals surface area contributed by atoms with Gasteiger partial charge >= 0.3 is 0 Å². The van der Waals surface area contributed by atoms with Gasteiger partial charge in [0.15, 0.2) is 0 Å². The van der Waals surface area contributed by atoms with E-state index in [0.717, 1.165) is 30.0 Å². The Labute approximate surface area is 114 Å². The molecule has 1 saturated carbocycles. The van der Waals surface area contributed by atoms with Crippen LogP contribution in [-0.2, 0) is 0 Å². The van der Waals surface area contributed by atoms with Gasteiger partial charge in [-0.05, 0) is 43.5 Å². The minimum absolute atomic E-state index is 0.0918. The quantitative estimate of drug-likeness (QED) is 0.859.